The van der Waals surface area contributed by atoms with Crippen LogP contribution in [0, 0.1) is 24.0 Å². The van der Waals surface area contributed by atoms with E-state index in [2.05, 4.69) is 9.82 Å². The molecule has 0 unspecified atom stereocenters. The lowest BCUT2D eigenvalue weighted by atomic mass is 10.2. The van der Waals surface area contributed by atoms with Gasteiger partial charge in [0, 0.05) is 37.0 Å². The van der Waals surface area contributed by atoms with Gasteiger partial charge in [-0.2, -0.15) is 5.10 Å². The van der Waals surface area contributed by atoms with Gasteiger partial charge in [0.15, 0.2) is 0 Å². The third-order valence-corrected chi connectivity index (χ3v) is 4.84. The second kappa shape index (κ2) is 5.85. The van der Waals surface area contributed by atoms with Crippen molar-refractivity contribution in [1.29, 1.82) is 0 Å². The van der Waals surface area contributed by atoms with Crippen LogP contribution in [0.1, 0.15) is 17.0 Å². The van der Waals surface area contributed by atoms with Crippen molar-refractivity contribution in [3.63, 3.8) is 0 Å². The van der Waals surface area contributed by atoms with Gasteiger partial charge in [-0.1, -0.05) is 6.07 Å². The van der Waals surface area contributed by atoms with E-state index in [0.717, 1.165) is 23.0 Å². The molecule has 0 spiro atoms. The summed E-state index contributed by atoms with van der Waals surface area (Å²) in [7, 11) is -2.05. The second-order valence-corrected chi connectivity index (χ2v) is 6.62. The molecule has 0 saturated heterocycles. The third kappa shape index (κ3) is 3.15. The molecule has 22 heavy (non-hydrogen) atoms. The summed E-state index contributed by atoms with van der Waals surface area (Å²) in [6.07, 6.45) is 0. The molecule has 0 bridgehead atoms. The fourth-order valence-electron chi connectivity index (χ4n) is 2.09. The van der Waals surface area contributed by atoms with Crippen LogP contribution in [-0.2, 0) is 23.6 Å². The smallest absolute Gasteiger partial charge is 0.270 e. The highest BCUT2D eigenvalue weighted by atomic mass is 32.2. The van der Waals surface area contributed by atoms with Gasteiger partial charge in [0.2, 0.25) is 10.0 Å². The zero-order valence-corrected chi connectivity index (χ0v) is 13.2. The van der Waals surface area contributed by atoms with Gasteiger partial charge in [-0.3, -0.25) is 14.8 Å². The van der Waals surface area contributed by atoms with Crippen molar-refractivity contribution in [2.75, 3.05) is 0 Å². The van der Waals surface area contributed by atoms with Crippen molar-refractivity contribution in [2.24, 2.45) is 7.05 Å². The minimum Gasteiger partial charge on any atom is -0.272 e. The quantitative estimate of drug-likeness (QED) is 0.661. The minimum absolute atomic E-state index is 0.0799. The number of sulfonamides is 1. The van der Waals surface area contributed by atoms with Crippen LogP contribution in [0.4, 0.5) is 5.69 Å². The van der Waals surface area contributed by atoms with E-state index >= 15 is 0 Å². The van der Waals surface area contributed by atoms with E-state index in [4.69, 9.17) is 0 Å². The number of hydrogen-bond acceptors (Lipinski definition) is 5. The van der Waals surface area contributed by atoms with Crippen molar-refractivity contribution in [3.8, 4) is 0 Å². The lowest BCUT2D eigenvalue weighted by Crippen LogP contribution is -2.23. The Morgan fingerprint density at radius 2 is 2.05 bits per heavy atom. The van der Waals surface area contributed by atoms with Crippen molar-refractivity contribution in [3.05, 3.63) is 51.3 Å². The summed E-state index contributed by atoms with van der Waals surface area (Å²) < 4.78 is 28.6. The summed E-state index contributed by atoms with van der Waals surface area (Å²) in [6, 6.07) is 4.94. The molecule has 1 aromatic heterocycles. The van der Waals surface area contributed by atoms with Crippen molar-refractivity contribution in [1.82, 2.24) is 14.5 Å². The number of rotatable bonds is 5. The van der Waals surface area contributed by atoms with Gasteiger partial charge in [-0.05, 0) is 19.9 Å². The first kappa shape index (κ1) is 16.1. The monoisotopic (exact) mass is 324 g/mol. The first-order valence-corrected chi connectivity index (χ1v) is 7.94. The van der Waals surface area contributed by atoms with Gasteiger partial charge in [0.25, 0.3) is 5.69 Å². The minimum atomic E-state index is -3.83. The Labute approximate surface area is 128 Å². The highest BCUT2D eigenvalue weighted by Gasteiger charge is 2.19. The van der Waals surface area contributed by atoms with Crippen LogP contribution in [0.2, 0.25) is 0 Å². The molecule has 1 N–H and O–H groups in total. The Hall–Kier alpha value is -2.26. The number of aryl methyl sites for hydroxylation is 2. The summed E-state index contributed by atoms with van der Waals surface area (Å²) in [5.41, 5.74) is 2.12. The maximum Gasteiger partial charge on any atom is 0.270 e. The van der Waals surface area contributed by atoms with Crippen molar-refractivity contribution < 1.29 is 13.3 Å². The molecule has 0 aliphatic carbocycles. The van der Waals surface area contributed by atoms with E-state index in [0.29, 0.717) is 0 Å². The molecule has 2 aromatic rings. The molecule has 0 aliphatic rings. The number of non-ortho nitro benzene ring substituents is 1. The van der Waals surface area contributed by atoms with E-state index in [1.165, 1.54) is 18.2 Å². The van der Waals surface area contributed by atoms with Crippen LogP contribution >= 0.6 is 0 Å². The standard InChI is InChI=1S/C13H16N4O4S/c1-9-13(10(2)16(3)15-9)8-14-22(20,21)12-6-4-5-11(7-12)17(18)19/h4-7,14H,8H2,1-3H3. The summed E-state index contributed by atoms with van der Waals surface area (Å²) in [5.74, 6) is 0. The van der Waals surface area contributed by atoms with Crippen LogP contribution in [0.5, 0.6) is 0 Å². The molecule has 9 heteroatoms. The number of nitro benzene ring substituents is 1. The molecule has 8 nitrogen and oxygen atoms in total. The fraction of sp³-hybridized carbons (Fsp3) is 0.308. The Morgan fingerprint density at radius 1 is 1.36 bits per heavy atom. The van der Waals surface area contributed by atoms with Crippen LogP contribution in [0.3, 0.4) is 0 Å². The molecule has 0 amide bonds. The van der Waals surface area contributed by atoms with E-state index < -0.39 is 14.9 Å². The molecule has 118 valence electrons. The predicted molar refractivity (Wildman–Crippen MR) is 79.8 cm³/mol. The number of nitrogens with zero attached hydrogens (tertiary/aromatic N) is 3. The lowest BCUT2D eigenvalue weighted by molar-refractivity contribution is -0.385. The molecular weight excluding hydrogens is 308 g/mol. The van der Waals surface area contributed by atoms with Gasteiger partial charge in [-0.15, -0.1) is 0 Å². The van der Waals surface area contributed by atoms with Gasteiger partial charge < -0.3 is 0 Å². The molecule has 0 saturated carbocycles. The van der Waals surface area contributed by atoms with E-state index in [1.54, 1.807) is 18.7 Å². The highest BCUT2D eigenvalue weighted by Crippen LogP contribution is 2.18. The predicted octanol–water partition coefficient (Wildman–Crippen LogP) is 1.42. The number of nitro groups is 1. The molecule has 1 aromatic carbocycles. The van der Waals surface area contributed by atoms with Crippen LogP contribution < -0.4 is 4.72 Å². The number of hydrogen-bond donors (Lipinski definition) is 1. The number of nitrogens with one attached hydrogen (secondary N) is 1. The highest BCUT2D eigenvalue weighted by molar-refractivity contribution is 7.89. The SMILES string of the molecule is Cc1nn(C)c(C)c1CNS(=O)(=O)c1cccc([N+](=O)[O-])c1. The lowest BCUT2D eigenvalue weighted by Gasteiger charge is -2.07. The summed E-state index contributed by atoms with van der Waals surface area (Å²) in [4.78, 5) is 9.96. The second-order valence-electron chi connectivity index (χ2n) is 4.85. The van der Waals surface area contributed by atoms with Gasteiger partial charge >= 0.3 is 0 Å². The maximum atomic E-state index is 12.2. The van der Waals surface area contributed by atoms with Crippen molar-refractivity contribution >= 4 is 15.7 Å². The van der Waals surface area contributed by atoms with Crippen molar-refractivity contribution in [2.45, 2.75) is 25.3 Å². The first-order chi connectivity index (χ1) is 10.2. The Bertz CT molecular complexity index is 827. The molecule has 1 heterocycles. The van der Waals surface area contributed by atoms with Crippen LogP contribution in [0.15, 0.2) is 29.2 Å². The Balaban J connectivity index is 2.25. The zero-order chi connectivity index (χ0) is 16.5. The zero-order valence-electron chi connectivity index (χ0n) is 12.4. The van der Waals surface area contributed by atoms with E-state index in [9.17, 15) is 18.5 Å². The normalized spacial score (nSPS) is 11.6. The fourth-order valence-corrected chi connectivity index (χ4v) is 3.12. The summed E-state index contributed by atoms with van der Waals surface area (Å²) in [5, 5.41) is 14.9. The Kier molecular flexibility index (Phi) is 4.29. The average Bonchev–Trinajstić information content (AvgIpc) is 2.70. The topological polar surface area (TPSA) is 107 Å². The summed E-state index contributed by atoms with van der Waals surface area (Å²) in [6.45, 7) is 3.72. The van der Waals surface area contributed by atoms with Gasteiger partial charge in [-0.25, -0.2) is 13.1 Å². The largest absolute Gasteiger partial charge is 0.272 e. The summed E-state index contributed by atoms with van der Waals surface area (Å²) >= 11 is 0. The van der Waals surface area contributed by atoms with Crippen LogP contribution in [-0.4, -0.2) is 23.1 Å². The molecular formula is C13H16N4O4S. The van der Waals surface area contributed by atoms with Gasteiger partial charge in [0.05, 0.1) is 15.5 Å². The number of benzene rings is 1. The molecule has 0 atom stereocenters. The van der Waals surface area contributed by atoms with Gasteiger partial charge in [0.1, 0.15) is 0 Å². The average molecular weight is 324 g/mol. The van der Waals surface area contributed by atoms with E-state index in [-0.39, 0.29) is 17.1 Å². The van der Waals surface area contributed by atoms with Crippen LogP contribution in [0.25, 0.3) is 0 Å². The third-order valence-electron chi connectivity index (χ3n) is 3.44. The number of aromatic nitrogens is 2. The Morgan fingerprint density at radius 3 is 2.59 bits per heavy atom. The molecule has 0 radical (unpaired) electrons. The molecule has 2 rings (SSSR count). The first-order valence-electron chi connectivity index (χ1n) is 6.45. The maximum absolute atomic E-state index is 12.2. The molecule has 0 aliphatic heterocycles. The molecule has 0 fully saturated rings. The van der Waals surface area contributed by atoms with E-state index in [1.807, 2.05) is 6.92 Å².